The zero-order valence-corrected chi connectivity index (χ0v) is 12.1. The molecule has 21 heavy (non-hydrogen) atoms. The minimum Gasteiger partial charge on any atom is -0.497 e. The van der Waals surface area contributed by atoms with Crippen molar-refractivity contribution in [2.45, 2.75) is 18.6 Å². The number of hydrogen-bond donors (Lipinski definition) is 1. The number of benzene rings is 2. The predicted molar refractivity (Wildman–Crippen MR) is 77.3 cm³/mol. The van der Waals surface area contributed by atoms with E-state index in [0.717, 1.165) is 0 Å². The van der Waals surface area contributed by atoms with E-state index in [1.807, 2.05) is 0 Å². The first kappa shape index (κ1) is 14.2. The Kier molecular flexibility index (Phi) is 3.74. The van der Waals surface area contributed by atoms with Crippen molar-refractivity contribution in [3.05, 3.63) is 58.4 Å². The van der Waals surface area contributed by atoms with Crippen molar-refractivity contribution < 1.29 is 19.0 Å². The highest BCUT2D eigenvalue weighted by atomic mass is 35.5. The van der Waals surface area contributed by atoms with Gasteiger partial charge in [-0.3, -0.25) is 0 Å². The maximum atomic E-state index is 13.6. The minimum absolute atomic E-state index is 0.0697. The van der Waals surface area contributed by atoms with Gasteiger partial charge in [0.2, 0.25) is 0 Å². The highest BCUT2D eigenvalue weighted by Gasteiger charge is 2.28. The number of hydrogen-bond acceptors (Lipinski definition) is 3. The zero-order chi connectivity index (χ0) is 15.0. The summed E-state index contributed by atoms with van der Waals surface area (Å²) in [6, 6.07) is 9.79. The van der Waals surface area contributed by atoms with Crippen LogP contribution < -0.4 is 9.47 Å². The Morgan fingerprint density at radius 1 is 1.29 bits per heavy atom. The van der Waals surface area contributed by atoms with Crippen LogP contribution in [0.3, 0.4) is 0 Å². The molecule has 0 radical (unpaired) electrons. The standard InChI is InChI=1S/C16H14ClFO3/c1-20-10-3-5-15-11(7-10)14(19)8-16(21-15)9-2-4-12(17)13(18)6-9/h2-7,14,16,19H,8H2,1H3. The van der Waals surface area contributed by atoms with Crippen LogP contribution in [0.15, 0.2) is 36.4 Å². The lowest BCUT2D eigenvalue weighted by Crippen LogP contribution is -2.19. The van der Waals surface area contributed by atoms with Gasteiger partial charge in [0, 0.05) is 12.0 Å². The number of fused-ring (bicyclic) bond motifs is 1. The maximum Gasteiger partial charge on any atom is 0.142 e. The third-order valence-corrected chi connectivity index (χ3v) is 3.90. The second-order valence-corrected chi connectivity index (χ2v) is 5.34. The highest BCUT2D eigenvalue weighted by Crippen LogP contribution is 2.42. The monoisotopic (exact) mass is 308 g/mol. The summed E-state index contributed by atoms with van der Waals surface area (Å²) in [5, 5.41) is 10.4. The molecule has 0 saturated heterocycles. The molecule has 5 heteroatoms. The van der Waals surface area contributed by atoms with Crippen molar-refractivity contribution >= 4 is 11.6 Å². The summed E-state index contributed by atoms with van der Waals surface area (Å²) in [5.41, 5.74) is 1.33. The summed E-state index contributed by atoms with van der Waals surface area (Å²) in [7, 11) is 1.57. The van der Waals surface area contributed by atoms with Crippen molar-refractivity contribution in [3.8, 4) is 11.5 Å². The molecule has 1 heterocycles. The van der Waals surface area contributed by atoms with E-state index in [-0.39, 0.29) is 5.02 Å². The van der Waals surface area contributed by atoms with Crippen LogP contribution >= 0.6 is 11.6 Å². The van der Waals surface area contributed by atoms with E-state index in [4.69, 9.17) is 21.1 Å². The molecule has 0 fully saturated rings. The quantitative estimate of drug-likeness (QED) is 0.910. The number of ether oxygens (including phenoxy) is 2. The fraction of sp³-hybridized carbons (Fsp3) is 0.250. The summed E-state index contributed by atoms with van der Waals surface area (Å²) in [6.07, 6.45) is -0.749. The number of halogens is 2. The number of methoxy groups -OCH3 is 1. The molecule has 3 nitrogen and oxygen atoms in total. The first-order chi connectivity index (χ1) is 10.1. The van der Waals surface area contributed by atoms with Gasteiger partial charge in [0.15, 0.2) is 0 Å². The topological polar surface area (TPSA) is 38.7 Å². The van der Waals surface area contributed by atoms with E-state index >= 15 is 0 Å². The molecular formula is C16H14ClFO3. The van der Waals surface area contributed by atoms with Crippen molar-refractivity contribution in [1.82, 2.24) is 0 Å². The van der Waals surface area contributed by atoms with Crippen molar-refractivity contribution in [1.29, 1.82) is 0 Å². The molecular weight excluding hydrogens is 295 g/mol. The Labute approximate surface area is 126 Å². The Bertz CT molecular complexity index is 675. The molecule has 1 aliphatic heterocycles. The van der Waals surface area contributed by atoms with E-state index in [9.17, 15) is 9.50 Å². The van der Waals surface area contributed by atoms with Gasteiger partial charge in [0.1, 0.15) is 23.4 Å². The molecule has 1 N–H and O–H groups in total. The van der Waals surface area contributed by atoms with Gasteiger partial charge in [0.25, 0.3) is 0 Å². The van der Waals surface area contributed by atoms with Crippen LogP contribution in [0.4, 0.5) is 4.39 Å². The molecule has 1 aliphatic rings. The van der Waals surface area contributed by atoms with Crippen LogP contribution in [0, 0.1) is 5.82 Å². The summed E-state index contributed by atoms with van der Waals surface area (Å²) in [6.45, 7) is 0. The average molecular weight is 309 g/mol. The Balaban J connectivity index is 1.92. The van der Waals surface area contributed by atoms with Gasteiger partial charge in [-0.05, 0) is 35.9 Å². The first-order valence-corrected chi connectivity index (χ1v) is 6.94. The zero-order valence-electron chi connectivity index (χ0n) is 11.3. The predicted octanol–water partition coefficient (Wildman–Crippen LogP) is 4.04. The van der Waals surface area contributed by atoms with Gasteiger partial charge in [-0.25, -0.2) is 4.39 Å². The molecule has 0 spiro atoms. The van der Waals surface area contributed by atoms with E-state index in [2.05, 4.69) is 0 Å². The van der Waals surface area contributed by atoms with Crippen molar-refractivity contribution in [2.24, 2.45) is 0 Å². The smallest absolute Gasteiger partial charge is 0.142 e. The lowest BCUT2D eigenvalue weighted by Gasteiger charge is -2.30. The lowest BCUT2D eigenvalue weighted by atomic mass is 9.95. The molecule has 2 atom stereocenters. The Morgan fingerprint density at radius 2 is 2.10 bits per heavy atom. The summed E-state index contributed by atoms with van der Waals surface area (Å²) in [4.78, 5) is 0. The number of aliphatic hydroxyl groups is 1. The molecule has 0 amide bonds. The SMILES string of the molecule is COc1ccc2c(c1)C(O)CC(c1ccc(Cl)c(F)c1)O2. The van der Waals surface area contributed by atoms with E-state index in [0.29, 0.717) is 29.0 Å². The number of aliphatic hydroxyl groups excluding tert-OH is 1. The molecule has 0 saturated carbocycles. The maximum absolute atomic E-state index is 13.6. The van der Waals surface area contributed by atoms with Crippen molar-refractivity contribution in [3.63, 3.8) is 0 Å². The summed E-state index contributed by atoms with van der Waals surface area (Å²) in [5.74, 6) is 0.745. The van der Waals surface area contributed by atoms with Crippen LogP contribution in [0.1, 0.15) is 29.8 Å². The van der Waals surface area contributed by atoms with E-state index < -0.39 is 18.0 Å². The molecule has 3 rings (SSSR count). The van der Waals surface area contributed by atoms with Gasteiger partial charge < -0.3 is 14.6 Å². The fourth-order valence-electron chi connectivity index (χ4n) is 2.47. The summed E-state index contributed by atoms with van der Waals surface area (Å²) < 4.78 is 24.6. The highest BCUT2D eigenvalue weighted by molar-refractivity contribution is 6.30. The van der Waals surface area contributed by atoms with Crippen LogP contribution in [0.5, 0.6) is 11.5 Å². The van der Waals surface area contributed by atoms with E-state index in [1.54, 1.807) is 31.4 Å². The molecule has 2 aromatic carbocycles. The third kappa shape index (κ3) is 2.69. The Hall–Kier alpha value is -1.78. The minimum atomic E-state index is -0.687. The van der Waals surface area contributed by atoms with Crippen LogP contribution in [-0.2, 0) is 0 Å². The molecule has 0 aromatic heterocycles. The van der Waals surface area contributed by atoms with Gasteiger partial charge in [-0.1, -0.05) is 17.7 Å². The molecule has 0 bridgehead atoms. The second kappa shape index (κ2) is 5.54. The van der Waals surface area contributed by atoms with Crippen LogP contribution in [0.25, 0.3) is 0 Å². The lowest BCUT2D eigenvalue weighted by molar-refractivity contribution is 0.0653. The van der Waals surface area contributed by atoms with Gasteiger partial charge in [0.05, 0.1) is 18.2 Å². The molecule has 0 aliphatic carbocycles. The van der Waals surface area contributed by atoms with Crippen LogP contribution in [0.2, 0.25) is 5.02 Å². The normalized spacial score (nSPS) is 20.6. The van der Waals surface area contributed by atoms with Crippen molar-refractivity contribution in [2.75, 3.05) is 7.11 Å². The second-order valence-electron chi connectivity index (χ2n) is 4.94. The average Bonchev–Trinajstić information content (AvgIpc) is 2.49. The van der Waals surface area contributed by atoms with E-state index in [1.165, 1.54) is 12.1 Å². The molecule has 110 valence electrons. The largest absolute Gasteiger partial charge is 0.497 e. The fourth-order valence-corrected chi connectivity index (χ4v) is 2.59. The first-order valence-electron chi connectivity index (χ1n) is 6.56. The molecule has 2 aromatic rings. The third-order valence-electron chi connectivity index (χ3n) is 3.60. The van der Waals surface area contributed by atoms with Gasteiger partial charge in [-0.2, -0.15) is 0 Å². The van der Waals surface area contributed by atoms with Gasteiger partial charge >= 0.3 is 0 Å². The van der Waals surface area contributed by atoms with Crippen LogP contribution in [-0.4, -0.2) is 12.2 Å². The number of rotatable bonds is 2. The Morgan fingerprint density at radius 3 is 2.81 bits per heavy atom. The molecule has 2 unspecified atom stereocenters. The summed E-state index contributed by atoms with van der Waals surface area (Å²) >= 11 is 5.68. The van der Waals surface area contributed by atoms with Gasteiger partial charge in [-0.15, -0.1) is 0 Å².